The van der Waals surface area contributed by atoms with Crippen LogP contribution < -0.4 is 10.6 Å². The molecule has 0 radical (unpaired) electrons. The van der Waals surface area contributed by atoms with E-state index in [1.807, 2.05) is 27.7 Å². The zero-order valence-corrected chi connectivity index (χ0v) is 14.1. The van der Waals surface area contributed by atoms with Crippen molar-refractivity contribution in [3.05, 3.63) is 15.9 Å². The Morgan fingerprint density at radius 1 is 1.42 bits per heavy atom. The van der Waals surface area contributed by atoms with E-state index in [1.54, 1.807) is 0 Å². The highest BCUT2D eigenvalue weighted by Crippen LogP contribution is 2.25. The molecule has 0 saturated heterocycles. The van der Waals surface area contributed by atoms with Crippen molar-refractivity contribution in [2.24, 2.45) is 0 Å². The van der Waals surface area contributed by atoms with Crippen molar-refractivity contribution in [1.29, 1.82) is 0 Å². The van der Waals surface area contributed by atoms with Crippen molar-refractivity contribution in [2.75, 3.05) is 13.1 Å². The lowest BCUT2D eigenvalue weighted by molar-refractivity contribution is 0.0944. The first-order valence-electron chi connectivity index (χ1n) is 6.22. The van der Waals surface area contributed by atoms with Gasteiger partial charge in [0.05, 0.1) is 10.2 Å². The van der Waals surface area contributed by atoms with Crippen LogP contribution in [0, 0.1) is 0 Å². The molecule has 1 aromatic rings. The van der Waals surface area contributed by atoms with Crippen LogP contribution in [0.15, 0.2) is 4.47 Å². The maximum atomic E-state index is 12.0. The Bertz CT molecular complexity index is 408. The summed E-state index contributed by atoms with van der Waals surface area (Å²) in [5.74, 6) is 0.142. The van der Waals surface area contributed by atoms with Crippen LogP contribution in [-0.2, 0) is 0 Å². The fourth-order valence-electron chi connectivity index (χ4n) is 1.62. The minimum atomic E-state index is -0.158. The van der Waals surface area contributed by atoms with Gasteiger partial charge in [0, 0.05) is 12.6 Å². The van der Waals surface area contributed by atoms with Gasteiger partial charge < -0.3 is 10.6 Å². The SMILES string of the molecule is CCN[C@H](C)CNC(=O)c1n[nH]c(C(C)C)c1Br.Cl. The fourth-order valence-corrected chi connectivity index (χ4v) is 2.44. The molecule has 7 heteroatoms. The molecule has 0 fully saturated rings. The molecule has 1 heterocycles. The van der Waals surface area contributed by atoms with Gasteiger partial charge in [-0.3, -0.25) is 9.89 Å². The van der Waals surface area contributed by atoms with Gasteiger partial charge in [-0.2, -0.15) is 5.10 Å². The number of rotatable bonds is 6. The van der Waals surface area contributed by atoms with E-state index in [0.29, 0.717) is 18.2 Å². The van der Waals surface area contributed by atoms with Crippen LogP contribution in [0.1, 0.15) is 49.8 Å². The number of aromatic nitrogens is 2. The van der Waals surface area contributed by atoms with Crippen molar-refractivity contribution in [3.63, 3.8) is 0 Å². The van der Waals surface area contributed by atoms with Gasteiger partial charge in [0.15, 0.2) is 5.69 Å². The molecule has 0 aromatic carbocycles. The molecule has 0 aliphatic carbocycles. The molecule has 0 aliphatic heterocycles. The van der Waals surface area contributed by atoms with Crippen LogP contribution in [0.25, 0.3) is 0 Å². The summed E-state index contributed by atoms with van der Waals surface area (Å²) in [5, 5.41) is 13.0. The summed E-state index contributed by atoms with van der Waals surface area (Å²) < 4.78 is 0.756. The highest BCUT2D eigenvalue weighted by atomic mass is 79.9. The zero-order valence-electron chi connectivity index (χ0n) is 11.7. The van der Waals surface area contributed by atoms with Crippen LogP contribution in [0.2, 0.25) is 0 Å². The number of aromatic amines is 1. The van der Waals surface area contributed by atoms with Crippen LogP contribution in [0.5, 0.6) is 0 Å². The number of hydrogen-bond donors (Lipinski definition) is 3. The molecule has 0 aliphatic rings. The van der Waals surface area contributed by atoms with E-state index in [0.717, 1.165) is 16.7 Å². The molecular weight excluding hydrogens is 332 g/mol. The molecule has 1 aromatic heterocycles. The third kappa shape index (κ3) is 5.12. The average Bonchev–Trinajstić information content (AvgIpc) is 2.68. The number of H-pyrrole nitrogens is 1. The van der Waals surface area contributed by atoms with Crippen LogP contribution in [0.3, 0.4) is 0 Å². The second kappa shape index (κ2) is 8.55. The van der Waals surface area contributed by atoms with Gasteiger partial charge in [-0.25, -0.2) is 0 Å². The highest BCUT2D eigenvalue weighted by Gasteiger charge is 2.19. The third-order valence-corrected chi connectivity index (χ3v) is 3.45. The van der Waals surface area contributed by atoms with Gasteiger partial charge in [-0.1, -0.05) is 20.8 Å². The first-order chi connectivity index (χ1) is 8.47. The normalized spacial score (nSPS) is 12.1. The first kappa shape index (κ1) is 18.4. The minimum Gasteiger partial charge on any atom is -0.349 e. The zero-order chi connectivity index (χ0) is 13.7. The second-order valence-electron chi connectivity index (χ2n) is 4.62. The lowest BCUT2D eigenvalue weighted by Gasteiger charge is -2.12. The first-order valence-corrected chi connectivity index (χ1v) is 7.02. The van der Waals surface area contributed by atoms with Crippen LogP contribution in [-0.4, -0.2) is 35.2 Å². The Balaban J connectivity index is 0.00000324. The summed E-state index contributed by atoms with van der Waals surface area (Å²) in [6.07, 6.45) is 0. The van der Waals surface area contributed by atoms with E-state index in [1.165, 1.54) is 0 Å². The molecule has 0 bridgehead atoms. The monoisotopic (exact) mass is 352 g/mol. The van der Waals surface area contributed by atoms with Gasteiger partial charge in [0.1, 0.15) is 0 Å². The Morgan fingerprint density at radius 2 is 2.05 bits per heavy atom. The number of carbonyl (C=O) groups excluding carboxylic acids is 1. The van der Waals surface area contributed by atoms with E-state index in [4.69, 9.17) is 0 Å². The van der Waals surface area contributed by atoms with Gasteiger partial charge in [0.2, 0.25) is 0 Å². The van der Waals surface area contributed by atoms with Crippen molar-refractivity contribution < 1.29 is 4.79 Å². The number of halogens is 2. The summed E-state index contributed by atoms with van der Waals surface area (Å²) in [6.45, 7) is 9.64. The van der Waals surface area contributed by atoms with Gasteiger partial charge in [-0.15, -0.1) is 12.4 Å². The lowest BCUT2D eigenvalue weighted by Crippen LogP contribution is -2.39. The Morgan fingerprint density at radius 3 is 2.53 bits per heavy atom. The van der Waals surface area contributed by atoms with Crippen LogP contribution in [0.4, 0.5) is 0 Å². The van der Waals surface area contributed by atoms with E-state index in [9.17, 15) is 4.79 Å². The predicted octanol–water partition coefficient (Wildman–Crippen LogP) is 2.45. The minimum absolute atomic E-state index is 0. The molecule has 1 amide bonds. The Hall–Kier alpha value is -0.590. The van der Waals surface area contributed by atoms with Crippen molar-refractivity contribution in [2.45, 2.75) is 39.7 Å². The van der Waals surface area contributed by atoms with E-state index in [2.05, 4.69) is 36.8 Å². The van der Waals surface area contributed by atoms with Crippen LogP contribution >= 0.6 is 28.3 Å². The summed E-state index contributed by atoms with van der Waals surface area (Å²) in [6, 6.07) is 0.251. The summed E-state index contributed by atoms with van der Waals surface area (Å²) in [4.78, 5) is 12.0. The number of nitrogens with zero attached hydrogens (tertiary/aromatic N) is 1. The summed E-state index contributed by atoms with van der Waals surface area (Å²) >= 11 is 3.42. The molecular formula is C12H22BrClN4O. The topological polar surface area (TPSA) is 69.8 Å². The molecule has 0 saturated carbocycles. The van der Waals surface area contributed by atoms with Crippen molar-refractivity contribution in [1.82, 2.24) is 20.8 Å². The number of amides is 1. The molecule has 0 spiro atoms. The maximum absolute atomic E-state index is 12.0. The highest BCUT2D eigenvalue weighted by molar-refractivity contribution is 9.10. The van der Waals surface area contributed by atoms with E-state index >= 15 is 0 Å². The second-order valence-corrected chi connectivity index (χ2v) is 5.42. The predicted molar refractivity (Wildman–Crippen MR) is 83.1 cm³/mol. The largest absolute Gasteiger partial charge is 0.349 e. The molecule has 5 nitrogen and oxygen atoms in total. The van der Waals surface area contributed by atoms with Crippen molar-refractivity contribution in [3.8, 4) is 0 Å². The fraction of sp³-hybridized carbons (Fsp3) is 0.667. The standard InChI is InChI=1S/C12H21BrN4O.ClH/c1-5-14-8(4)6-15-12(18)11-9(13)10(7(2)3)16-17-11;/h7-8,14H,5-6H2,1-4H3,(H,15,18)(H,16,17);1H/t8-;/m1./s1. The number of carbonyl (C=O) groups is 1. The van der Waals surface area contributed by atoms with Gasteiger partial charge in [0.25, 0.3) is 5.91 Å². The molecule has 1 rings (SSSR count). The molecule has 0 unspecified atom stereocenters. The van der Waals surface area contributed by atoms with E-state index in [-0.39, 0.29) is 24.4 Å². The quantitative estimate of drug-likeness (QED) is 0.735. The molecule has 1 atom stereocenters. The summed E-state index contributed by atoms with van der Waals surface area (Å²) in [7, 11) is 0. The smallest absolute Gasteiger partial charge is 0.273 e. The molecule has 3 N–H and O–H groups in total. The van der Waals surface area contributed by atoms with E-state index < -0.39 is 0 Å². The van der Waals surface area contributed by atoms with Gasteiger partial charge >= 0.3 is 0 Å². The van der Waals surface area contributed by atoms with Crippen molar-refractivity contribution >= 4 is 34.2 Å². The summed E-state index contributed by atoms with van der Waals surface area (Å²) in [5.41, 5.74) is 1.36. The Labute approximate surface area is 128 Å². The molecule has 19 heavy (non-hydrogen) atoms. The number of likely N-dealkylation sites (N-methyl/N-ethyl adjacent to an activating group) is 1. The average molecular weight is 354 g/mol. The Kier molecular flexibility index (Phi) is 8.29. The van der Waals surface area contributed by atoms with Gasteiger partial charge in [-0.05, 0) is 35.3 Å². The number of hydrogen-bond acceptors (Lipinski definition) is 3. The third-order valence-electron chi connectivity index (χ3n) is 2.65. The number of nitrogens with one attached hydrogen (secondary N) is 3. The maximum Gasteiger partial charge on any atom is 0.273 e. The lowest BCUT2D eigenvalue weighted by atomic mass is 10.1. The molecule has 110 valence electrons.